The van der Waals surface area contributed by atoms with Gasteiger partial charge in [0.1, 0.15) is 0 Å². The first kappa shape index (κ1) is 16.5. The van der Waals surface area contributed by atoms with Crippen LogP contribution in [0.3, 0.4) is 0 Å². The van der Waals surface area contributed by atoms with E-state index in [1.54, 1.807) is 11.9 Å². The number of nitrogens with one attached hydrogen (secondary N) is 2. The van der Waals surface area contributed by atoms with E-state index in [2.05, 4.69) is 15.6 Å². The van der Waals surface area contributed by atoms with Gasteiger partial charge in [0, 0.05) is 32.6 Å². The molecule has 1 spiro atoms. The van der Waals surface area contributed by atoms with Crippen LogP contribution in [0.1, 0.15) is 12.5 Å². The van der Waals surface area contributed by atoms with Gasteiger partial charge in [0.05, 0.1) is 18.9 Å². The van der Waals surface area contributed by atoms with Crippen LogP contribution in [0.2, 0.25) is 0 Å². The zero-order valence-electron chi connectivity index (χ0n) is 14.7. The minimum Gasteiger partial charge on any atom is -0.378 e. The van der Waals surface area contributed by atoms with Crippen LogP contribution in [0.5, 0.6) is 0 Å². The quantitative estimate of drug-likeness (QED) is 0.659. The lowest BCUT2D eigenvalue weighted by atomic mass is 10.0. The van der Waals surface area contributed by atoms with Gasteiger partial charge in [-0.1, -0.05) is 18.2 Å². The lowest BCUT2D eigenvalue weighted by Gasteiger charge is -2.35. The van der Waals surface area contributed by atoms with Gasteiger partial charge in [-0.2, -0.15) is 0 Å². The molecule has 0 bridgehead atoms. The number of fused-ring (bicyclic) bond motifs is 2. The standard InChI is InChI=1S/C17H20N6O3/c1-11(24)18-15-19-16(23-7-9-26-10-8-23)21-17(20-15)12-5-3-4-6-13(12)22(2)14(17)25/h3-6H,7-10H2,1-2H3,(H2,18,19,20,21,24). The van der Waals surface area contributed by atoms with Gasteiger partial charge < -0.3 is 14.5 Å². The van der Waals surface area contributed by atoms with Crippen LogP contribution in [0, 0.1) is 0 Å². The van der Waals surface area contributed by atoms with E-state index in [1.807, 2.05) is 29.2 Å². The number of hydrogen-bond acceptors (Lipinski definition) is 7. The Kier molecular flexibility index (Phi) is 3.87. The van der Waals surface area contributed by atoms with Crippen LogP contribution < -0.4 is 15.5 Å². The first-order chi connectivity index (χ1) is 12.5. The number of hydrogen-bond donors (Lipinski definition) is 2. The Bertz CT molecular complexity index is 830. The maximum absolute atomic E-state index is 13.1. The van der Waals surface area contributed by atoms with E-state index in [4.69, 9.17) is 9.73 Å². The third kappa shape index (κ3) is 2.51. The molecule has 1 atom stereocenters. The van der Waals surface area contributed by atoms with Crippen molar-refractivity contribution in [2.24, 2.45) is 9.98 Å². The molecule has 3 heterocycles. The normalized spacial score (nSPS) is 24.8. The fraction of sp³-hybridized carbons (Fsp3) is 0.412. The summed E-state index contributed by atoms with van der Waals surface area (Å²) in [6, 6.07) is 7.43. The average Bonchev–Trinajstić information content (AvgIpc) is 2.84. The average molecular weight is 356 g/mol. The Morgan fingerprint density at radius 1 is 1.27 bits per heavy atom. The number of benzene rings is 1. The molecule has 1 aromatic carbocycles. The molecule has 0 radical (unpaired) electrons. The number of para-hydroxylation sites is 1. The zero-order chi connectivity index (χ0) is 18.3. The van der Waals surface area contributed by atoms with Crippen LogP contribution in [0.25, 0.3) is 0 Å². The molecule has 3 aliphatic heterocycles. The summed E-state index contributed by atoms with van der Waals surface area (Å²) in [6.07, 6.45) is 0. The number of nitrogens with zero attached hydrogens (tertiary/aromatic N) is 4. The van der Waals surface area contributed by atoms with Crippen LogP contribution in [-0.2, 0) is 20.0 Å². The van der Waals surface area contributed by atoms with Crippen LogP contribution >= 0.6 is 0 Å². The molecular formula is C17H20N6O3. The van der Waals surface area contributed by atoms with Gasteiger partial charge in [0.25, 0.3) is 11.6 Å². The van der Waals surface area contributed by atoms with Gasteiger partial charge in [-0.3, -0.25) is 20.2 Å². The SMILES string of the molecule is CC(=O)NC1=NC2(N=C(N3CCOCC3)N1)C(=O)N(C)c1ccccc12. The first-order valence-electron chi connectivity index (χ1n) is 8.46. The van der Waals surface area contributed by atoms with Gasteiger partial charge in [-0.25, -0.2) is 9.98 Å². The molecule has 0 saturated carbocycles. The first-order valence-corrected chi connectivity index (χ1v) is 8.46. The Morgan fingerprint density at radius 3 is 2.73 bits per heavy atom. The Hall–Kier alpha value is -2.94. The van der Waals surface area contributed by atoms with Crippen LogP contribution in [0.4, 0.5) is 5.69 Å². The molecule has 9 nitrogen and oxygen atoms in total. The highest BCUT2D eigenvalue weighted by atomic mass is 16.5. The van der Waals surface area contributed by atoms with E-state index >= 15 is 0 Å². The lowest BCUT2D eigenvalue weighted by Crippen LogP contribution is -2.57. The fourth-order valence-corrected chi connectivity index (χ4v) is 3.39. The second kappa shape index (κ2) is 6.10. The zero-order valence-corrected chi connectivity index (χ0v) is 14.7. The van der Waals surface area contributed by atoms with Gasteiger partial charge in [-0.15, -0.1) is 0 Å². The van der Waals surface area contributed by atoms with E-state index in [0.29, 0.717) is 37.8 Å². The van der Waals surface area contributed by atoms with Gasteiger partial charge in [0.15, 0.2) is 0 Å². The summed E-state index contributed by atoms with van der Waals surface area (Å²) in [4.78, 5) is 37.5. The number of rotatable bonds is 0. The highest BCUT2D eigenvalue weighted by Crippen LogP contribution is 2.44. The molecule has 1 saturated heterocycles. The van der Waals surface area contributed by atoms with Gasteiger partial charge in [-0.05, 0) is 6.07 Å². The summed E-state index contributed by atoms with van der Waals surface area (Å²) >= 11 is 0. The molecule has 1 unspecified atom stereocenters. The highest BCUT2D eigenvalue weighted by molar-refractivity contribution is 6.14. The summed E-state index contributed by atoms with van der Waals surface area (Å²) < 4.78 is 5.39. The molecule has 3 aliphatic rings. The molecule has 0 aliphatic carbocycles. The molecule has 1 aromatic rings. The minimum absolute atomic E-state index is 0.215. The molecule has 0 aromatic heterocycles. The molecule has 9 heteroatoms. The second-order valence-corrected chi connectivity index (χ2v) is 6.35. The topological polar surface area (TPSA) is 98.6 Å². The summed E-state index contributed by atoms with van der Waals surface area (Å²) in [5.41, 5.74) is 0.0279. The van der Waals surface area contributed by atoms with Crippen molar-refractivity contribution >= 4 is 29.4 Å². The maximum Gasteiger partial charge on any atom is 0.282 e. The largest absolute Gasteiger partial charge is 0.378 e. The third-order valence-electron chi connectivity index (χ3n) is 4.62. The molecule has 26 heavy (non-hydrogen) atoms. The predicted molar refractivity (Wildman–Crippen MR) is 95.7 cm³/mol. The Balaban J connectivity index is 1.84. The van der Waals surface area contributed by atoms with Crippen molar-refractivity contribution in [3.63, 3.8) is 0 Å². The van der Waals surface area contributed by atoms with Crippen molar-refractivity contribution in [1.29, 1.82) is 0 Å². The molecule has 2 amide bonds. The monoisotopic (exact) mass is 356 g/mol. The number of carbonyl (C=O) groups is 2. The number of morpholine rings is 1. The van der Waals surface area contributed by atoms with Crippen molar-refractivity contribution in [2.45, 2.75) is 12.6 Å². The van der Waals surface area contributed by atoms with Crippen LogP contribution in [-0.4, -0.2) is 62.0 Å². The van der Waals surface area contributed by atoms with Crippen LogP contribution in [0.15, 0.2) is 34.3 Å². The van der Waals surface area contributed by atoms with Crippen molar-refractivity contribution in [3.8, 4) is 0 Å². The highest BCUT2D eigenvalue weighted by Gasteiger charge is 2.52. The minimum atomic E-state index is -1.43. The number of ether oxygens (including phenoxy) is 1. The number of likely N-dealkylation sites (N-methyl/N-ethyl adjacent to an activating group) is 1. The van der Waals surface area contributed by atoms with E-state index in [-0.39, 0.29) is 17.8 Å². The van der Waals surface area contributed by atoms with Crippen molar-refractivity contribution in [2.75, 3.05) is 38.3 Å². The molecule has 1 fully saturated rings. The molecule has 136 valence electrons. The Morgan fingerprint density at radius 2 is 2.00 bits per heavy atom. The number of anilines is 1. The van der Waals surface area contributed by atoms with Crippen molar-refractivity contribution in [3.05, 3.63) is 29.8 Å². The van der Waals surface area contributed by atoms with E-state index in [9.17, 15) is 9.59 Å². The third-order valence-corrected chi connectivity index (χ3v) is 4.62. The smallest absolute Gasteiger partial charge is 0.282 e. The summed E-state index contributed by atoms with van der Waals surface area (Å²) in [7, 11) is 1.70. The number of carbonyl (C=O) groups excluding carboxylic acids is 2. The summed E-state index contributed by atoms with van der Waals surface area (Å²) in [5, 5.41) is 5.70. The molecular weight excluding hydrogens is 336 g/mol. The Labute approximate surface area is 150 Å². The fourth-order valence-electron chi connectivity index (χ4n) is 3.39. The van der Waals surface area contributed by atoms with E-state index in [0.717, 1.165) is 5.69 Å². The molecule has 2 N–H and O–H groups in total. The number of amides is 2. The summed E-state index contributed by atoms with van der Waals surface area (Å²) in [5.74, 6) is 0.188. The van der Waals surface area contributed by atoms with Crippen molar-refractivity contribution < 1.29 is 14.3 Å². The number of aliphatic imine (C=N–C) groups is 2. The van der Waals surface area contributed by atoms with E-state index < -0.39 is 5.66 Å². The maximum atomic E-state index is 13.1. The summed E-state index contributed by atoms with van der Waals surface area (Å²) in [6.45, 7) is 3.82. The van der Waals surface area contributed by atoms with Gasteiger partial charge >= 0.3 is 0 Å². The second-order valence-electron chi connectivity index (χ2n) is 6.35. The van der Waals surface area contributed by atoms with Gasteiger partial charge in [0.2, 0.25) is 17.8 Å². The predicted octanol–water partition coefficient (Wildman–Crippen LogP) is -0.401. The molecule has 4 rings (SSSR count). The lowest BCUT2D eigenvalue weighted by molar-refractivity contribution is -0.122. The van der Waals surface area contributed by atoms with Crippen molar-refractivity contribution in [1.82, 2.24) is 15.5 Å². The number of guanidine groups is 2. The van der Waals surface area contributed by atoms with E-state index in [1.165, 1.54) is 6.92 Å².